The van der Waals surface area contributed by atoms with Gasteiger partial charge in [-0.3, -0.25) is 14.4 Å². The molecule has 1 spiro atoms. The van der Waals surface area contributed by atoms with Gasteiger partial charge in [-0.05, 0) is 51.4 Å². The van der Waals surface area contributed by atoms with Crippen LogP contribution in [-0.4, -0.2) is 69.0 Å². The third kappa shape index (κ3) is 4.67. The van der Waals surface area contributed by atoms with Crippen LogP contribution in [0.4, 0.5) is 0 Å². The van der Waals surface area contributed by atoms with E-state index < -0.39 is 22.2 Å². The number of thioether (sulfide) groups is 1. The SMILES string of the molecule is CCCNC(=O)[C@@H]1[C@H]2C(=O)N(CCCO)C(C(=O)NC(C)(C)CC(C)(C)C)C23CC[C@H]1S3. The van der Waals surface area contributed by atoms with E-state index in [9.17, 15) is 19.5 Å². The average molecular weight is 468 g/mol. The third-order valence-corrected chi connectivity index (χ3v) is 8.84. The van der Waals surface area contributed by atoms with Gasteiger partial charge in [0.05, 0.1) is 16.6 Å². The molecule has 0 aromatic rings. The van der Waals surface area contributed by atoms with Gasteiger partial charge in [-0.2, -0.15) is 0 Å². The van der Waals surface area contributed by atoms with E-state index in [2.05, 4.69) is 31.4 Å². The molecule has 8 heteroatoms. The smallest absolute Gasteiger partial charge is 0.244 e. The number of nitrogens with one attached hydrogen (secondary N) is 2. The molecule has 0 aliphatic carbocycles. The quantitative estimate of drug-likeness (QED) is 0.483. The Hall–Kier alpha value is -1.28. The highest BCUT2D eigenvalue weighted by Gasteiger charge is 2.73. The van der Waals surface area contributed by atoms with Crippen molar-refractivity contribution in [3.8, 4) is 0 Å². The summed E-state index contributed by atoms with van der Waals surface area (Å²) in [4.78, 5) is 42.1. The number of amides is 3. The molecule has 182 valence electrons. The first-order valence-electron chi connectivity index (χ1n) is 12.1. The van der Waals surface area contributed by atoms with Crippen molar-refractivity contribution < 1.29 is 19.5 Å². The lowest BCUT2D eigenvalue weighted by Gasteiger charge is -2.38. The Labute approximate surface area is 196 Å². The molecule has 3 aliphatic rings. The molecule has 3 amide bonds. The summed E-state index contributed by atoms with van der Waals surface area (Å²) in [5, 5.41) is 15.7. The zero-order chi connectivity index (χ0) is 23.9. The van der Waals surface area contributed by atoms with Crippen molar-refractivity contribution in [3.05, 3.63) is 0 Å². The number of carbonyl (C=O) groups is 3. The number of nitrogens with zero attached hydrogens (tertiary/aromatic N) is 1. The highest BCUT2D eigenvalue weighted by Crippen LogP contribution is 2.66. The molecule has 3 heterocycles. The number of carbonyl (C=O) groups excluding carboxylic acids is 3. The lowest BCUT2D eigenvalue weighted by Crippen LogP contribution is -2.58. The summed E-state index contributed by atoms with van der Waals surface area (Å²) in [5.74, 6) is -1.14. The van der Waals surface area contributed by atoms with E-state index in [0.29, 0.717) is 19.5 Å². The average Bonchev–Trinajstić information content (AvgIpc) is 3.29. The van der Waals surface area contributed by atoms with Crippen molar-refractivity contribution in [2.75, 3.05) is 19.7 Å². The number of aliphatic hydroxyl groups excluding tert-OH is 1. The molecule has 2 unspecified atom stereocenters. The maximum Gasteiger partial charge on any atom is 0.244 e. The summed E-state index contributed by atoms with van der Waals surface area (Å²) in [6.45, 7) is 13.4. The minimum Gasteiger partial charge on any atom is -0.396 e. The molecule has 32 heavy (non-hydrogen) atoms. The minimum atomic E-state index is -0.607. The highest BCUT2D eigenvalue weighted by molar-refractivity contribution is 8.02. The van der Waals surface area contributed by atoms with Crippen molar-refractivity contribution in [2.24, 2.45) is 17.3 Å². The van der Waals surface area contributed by atoms with Crippen molar-refractivity contribution >= 4 is 29.5 Å². The van der Waals surface area contributed by atoms with E-state index in [1.165, 1.54) is 0 Å². The fourth-order valence-electron chi connectivity index (χ4n) is 6.37. The van der Waals surface area contributed by atoms with Crippen LogP contribution in [0.25, 0.3) is 0 Å². The van der Waals surface area contributed by atoms with E-state index in [1.54, 1.807) is 16.7 Å². The molecule has 0 aromatic heterocycles. The maximum atomic E-state index is 13.8. The van der Waals surface area contributed by atoms with Crippen molar-refractivity contribution in [1.29, 1.82) is 0 Å². The van der Waals surface area contributed by atoms with Gasteiger partial charge < -0.3 is 20.6 Å². The molecule has 3 rings (SSSR count). The summed E-state index contributed by atoms with van der Waals surface area (Å²) in [5.41, 5.74) is -0.377. The van der Waals surface area contributed by atoms with E-state index in [1.807, 2.05) is 20.8 Å². The lowest BCUT2D eigenvalue weighted by molar-refractivity contribution is -0.140. The largest absolute Gasteiger partial charge is 0.396 e. The van der Waals surface area contributed by atoms with Gasteiger partial charge in [0.2, 0.25) is 17.7 Å². The molecule has 3 aliphatic heterocycles. The fraction of sp³-hybridized carbons (Fsp3) is 0.875. The summed E-state index contributed by atoms with van der Waals surface area (Å²) in [7, 11) is 0. The van der Waals surface area contributed by atoms with Gasteiger partial charge in [-0.1, -0.05) is 27.7 Å². The summed E-state index contributed by atoms with van der Waals surface area (Å²) >= 11 is 1.69. The minimum absolute atomic E-state index is 0.0402. The van der Waals surface area contributed by atoms with Gasteiger partial charge in [0.15, 0.2) is 0 Å². The highest BCUT2D eigenvalue weighted by atomic mass is 32.2. The van der Waals surface area contributed by atoms with Gasteiger partial charge in [0.1, 0.15) is 6.04 Å². The van der Waals surface area contributed by atoms with Crippen molar-refractivity contribution in [3.63, 3.8) is 0 Å². The second kappa shape index (κ2) is 9.16. The molecule has 3 fully saturated rings. The summed E-state index contributed by atoms with van der Waals surface area (Å²) in [6.07, 6.45) is 3.68. The normalized spacial score (nSPS) is 31.7. The topological polar surface area (TPSA) is 98.7 Å². The van der Waals surface area contributed by atoms with Crippen LogP contribution in [0, 0.1) is 17.3 Å². The van der Waals surface area contributed by atoms with Crippen LogP contribution in [0.1, 0.15) is 73.6 Å². The van der Waals surface area contributed by atoms with Gasteiger partial charge >= 0.3 is 0 Å². The van der Waals surface area contributed by atoms with Crippen molar-refractivity contribution in [2.45, 2.75) is 95.2 Å². The van der Waals surface area contributed by atoms with E-state index in [4.69, 9.17) is 0 Å². The van der Waals surface area contributed by atoms with Crippen LogP contribution in [0.2, 0.25) is 0 Å². The zero-order valence-corrected chi connectivity index (χ0v) is 21.3. The van der Waals surface area contributed by atoms with E-state index in [0.717, 1.165) is 25.7 Å². The van der Waals surface area contributed by atoms with Crippen molar-refractivity contribution in [1.82, 2.24) is 15.5 Å². The van der Waals surface area contributed by atoms with Gasteiger partial charge in [-0.15, -0.1) is 11.8 Å². The Morgan fingerprint density at radius 3 is 2.50 bits per heavy atom. The molecule has 0 saturated carbocycles. The Morgan fingerprint density at radius 2 is 1.91 bits per heavy atom. The third-order valence-electron chi connectivity index (χ3n) is 6.89. The number of likely N-dealkylation sites (tertiary alicyclic amines) is 1. The van der Waals surface area contributed by atoms with Gasteiger partial charge in [0, 0.05) is 30.5 Å². The molecule has 7 nitrogen and oxygen atoms in total. The number of fused-ring (bicyclic) bond motifs is 1. The first-order chi connectivity index (χ1) is 14.9. The summed E-state index contributed by atoms with van der Waals surface area (Å²) < 4.78 is -0.562. The molecule has 0 radical (unpaired) electrons. The van der Waals surface area contributed by atoms with E-state index >= 15 is 0 Å². The standard InChI is InChI=1S/C24H41N3O4S/c1-7-11-25-19(29)16-15-9-10-24(32-15)17(16)21(31)27(12-8-13-28)18(24)20(30)26-23(5,6)14-22(2,3)4/h15-18,28H,7-14H2,1-6H3,(H,25,29)(H,26,30)/t15-,16+,17+,18?,24?/m1/s1. The first-order valence-corrected chi connectivity index (χ1v) is 12.9. The number of rotatable bonds is 9. The van der Waals surface area contributed by atoms with Gasteiger partial charge in [0.25, 0.3) is 0 Å². The molecular weight excluding hydrogens is 426 g/mol. The monoisotopic (exact) mass is 467 g/mol. The second-order valence-electron chi connectivity index (χ2n) is 11.6. The van der Waals surface area contributed by atoms with Gasteiger partial charge in [-0.25, -0.2) is 0 Å². The first kappa shape index (κ1) is 25.3. The number of hydrogen-bond acceptors (Lipinski definition) is 5. The zero-order valence-electron chi connectivity index (χ0n) is 20.5. The second-order valence-corrected chi connectivity index (χ2v) is 13.2. The molecule has 2 bridgehead atoms. The van der Waals surface area contributed by atoms with Crippen LogP contribution in [0.15, 0.2) is 0 Å². The maximum absolute atomic E-state index is 13.8. The fourth-order valence-corrected chi connectivity index (χ4v) is 8.59. The molecule has 5 atom stereocenters. The van der Waals surface area contributed by atoms with Crippen LogP contribution in [0.3, 0.4) is 0 Å². The van der Waals surface area contributed by atoms with Crippen LogP contribution in [0.5, 0.6) is 0 Å². The van der Waals surface area contributed by atoms with Crippen LogP contribution >= 0.6 is 11.8 Å². The number of aliphatic hydroxyl groups is 1. The summed E-state index contributed by atoms with van der Waals surface area (Å²) in [6, 6.07) is -0.607. The Balaban J connectivity index is 1.91. The Kier molecular flexibility index (Phi) is 7.26. The Bertz CT molecular complexity index is 750. The lowest BCUT2D eigenvalue weighted by atomic mass is 9.70. The molecule has 0 aromatic carbocycles. The van der Waals surface area contributed by atoms with E-state index in [-0.39, 0.29) is 40.9 Å². The van der Waals surface area contributed by atoms with Crippen LogP contribution in [-0.2, 0) is 14.4 Å². The molecule has 3 saturated heterocycles. The number of hydrogen-bond donors (Lipinski definition) is 3. The predicted octanol–water partition coefficient (Wildman–Crippen LogP) is 2.32. The predicted molar refractivity (Wildman–Crippen MR) is 127 cm³/mol. The molecule has 3 N–H and O–H groups in total. The molecular formula is C24H41N3O4S. The Morgan fingerprint density at radius 1 is 1.22 bits per heavy atom. The van der Waals surface area contributed by atoms with Crippen LogP contribution < -0.4 is 10.6 Å².